The number of unbranched alkanes of at least 4 members (excludes halogenated alkanes) is 3. The number of halogens is 1. The van der Waals surface area contributed by atoms with Gasteiger partial charge < -0.3 is 18.9 Å². The molecule has 3 unspecified atom stereocenters. The molecule has 0 amide bonds. The summed E-state index contributed by atoms with van der Waals surface area (Å²) in [6, 6.07) is 0. The molecule has 0 aromatic carbocycles. The second-order valence-electron chi connectivity index (χ2n) is 7.41. The average Bonchev–Trinajstić information content (AvgIpc) is 2.65. The number of rotatable bonds is 11. The van der Waals surface area contributed by atoms with Crippen LogP contribution in [0.25, 0.3) is 0 Å². The highest BCUT2D eigenvalue weighted by Crippen LogP contribution is 2.13. The van der Waals surface area contributed by atoms with Crippen molar-refractivity contribution in [1.82, 2.24) is 0 Å². The normalized spacial score (nSPS) is 19.9. The van der Waals surface area contributed by atoms with Crippen LogP contribution in [0.5, 0.6) is 0 Å². The molecular weight excluding hydrogens is 509 g/mol. The number of carbonyl (C=O) groups is 1. The molecule has 0 bridgehead atoms. The van der Waals surface area contributed by atoms with Crippen LogP contribution >= 0.6 is 22.6 Å². The maximum atomic E-state index is 12.0. The highest BCUT2D eigenvalue weighted by atomic mass is 127. The van der Waals surface area contributed by atoms with Gasteiger partial charge in [0, 0.05) is 28.8 Å². The van der Waals surface area contributed by atoms with Crippen LogP contribution in [0.4, 0.5) is 0 Å². The Morgan fingerprint density at radius 3 is 2.66 bits per heavy atom. The lowest BCUT2D eigenvalue weighted by atomic mass is 10.0. The summed E-state index contributed by atoms with van der Waals surface area (Å²) in [7, 11) is -3.92. The first-order valence-corrected chi connectivity index (χ1v) is 13.2. The molecule has 0 aromatic rings. The van der Waals surface area contributed by atoms with E-state index < -0.39 is 10.1 Å². The van der Waals surface area contributed by atoms with Crippen LogP contribution in [-0.2, 0) is 24.4 Å². The molecule has 1 fully saturated rings. The molecule has 0 spiro atoms. The van der Waals surface area contributed by atoms with Gasteiger partial charge in [0.2, 0.25) is 0 Å². The molecule has 0 aromatic heterocycles. The molecule has 0 saturated carbocycles. The zero-order valence-electron chi connectivity index (χ0n) is 17.9. The van der Waals surface area contributed by atoms with Crippen molar-refractivity contribution in [1.29, 1.82) is 0 Å². The summed E-state index contributed by atoms with van der Waals surface area (Å²) >= 11 is 2.09. The molecule has 170 valence electrons. The Morgan fingerprint density at radius 1 is 1.34 bits per heavy atom. The molecule has 29 heavy (non-hydrogen) atoms. The van der Waals surface area contributed by atoms with E-state index in [1.54, 1.807) is 0 Å². The van der Waals surface area contributed by atoms with Gasteiger partial charge in [-0.3, -0.25) is 4.79 Å². The zero-order valence-corrected chi connectivity index (χ0v) is 20.8. The smallest absolute Gasteiger partial charge is 0.308 e. The van der Waals surface area contributed by atoms with Gasteiger partial charge in [0.1, 0.15) is 25.7 Å². The molecule has 1 N–H and O–H groups in total. The molecule has 0 radical (unpaired) electrons. The Bertz CT molecular complexity index is 594. The van der Waals surface area contributed by atoms with Crippen molar-refractivity contribution in [2.24, 2.45) is 5.92 Å². The van der Waals surface area contributed by atoms with Crippen molar-refractivity contribution >= 4 is 38.7 Å². The average molecular weight is 545 g/mol. The molecule has 1 aliphatic heterocycles. The van der Waals surface area contributed by atoms with Crippen LogP contribution < -0.4 is 4.90 Å². The first kappa shape index (κ1) is 28.6. The fourth-order valence-electron chi connectivity index (χ4n) is 2.97. The van der Waals surface area contributed by atoms with Gasteiger partial charge in [-0.1, -0.05) is 33.1 Å². The van der Waals surface area contributed by atoms with E-state index in [-0.39, 0.29) is 11.9 Å². The fourth-order valence-corrected chi connectivity index (χ4v) is 3.16. The van der Waals surface area contributed by atoms with Crippen molar-refractivity contribution in [2.75, 3.05) is 39.1 Å². The lowest BCUT2D eigenvalue weighted by molar-refractivity contribution is -0.904. The number of carbonyl (C=O) groups excluding carboxylic acids is 1. The topological polar surface area (TPSA) is 97.2 Å². The van der Waals surface area contributed by atoms with Crippen molar-refractivity contribution in [2.45, 2.75) is 64.9 Å². The number of quaternary nitrogens is 1. The second kappa shape index (κ2) is 17.3. The molecule has 1 heterocycles. The highest BCUT2D eigenvalue weighted by Gasteiger charge is 2.23. The zero-order chi connectivity index (χ0) is 22.1. The Labute approximate surface area is 190 Å². The van der Waals surface area contributed by atoms with Crippen LogP contribution in [0.3, 0.4) is 0 Å². The van der Waals surface area contributed by atoms with E-state index in [9.17, 15) is 4.79 Å². The predicted molar refractivity (Wildman–Crippen MR) is 121 cm³/mol. The van der Waals surface area contributed by atoms with Crippen LogP contribution in [0, 0.1) is 15.8 Å². The monoisotopic (exact) mass is 545 g/mol. The maximum Gasteiger partial charge on any atom is 0.308 e. The van der Waals surface area contributed by atoms with Crippen molar-refractivity contribution < 1.29 is 32.1 Å². The summed E-state index contributed by atoms with van der Waals surface area (Å²) < 4.78 is 41.4. The predicted octanol–water partition coefficient (Wildman–Crippen LogP) is 1.76. The number of nitrogens with one attached hydrogen (secondary N) is 1. The van der Waals surface area contributed by atoms with Gasteiger partial charge in [-0.25, -0.2) is 8.42 Å². The maximum absolute atomic E-state index is 12.0. The van der Waals surface area contributed by atoms with Crippen LogP contribution in [-0.4, -0.2) is 64.1 Å². The summed E-state index contributed by atoms with van der Waals surface area (Å²) in [5.74, 6) is 3.10. The van der Waals surface area contributed by atoms with E-state index in [1.165, 1.54) is 17.7 Å². The number of esters is 1. The first-order valence-electron chi connectivity index (χ1n) is 10.3. The van der Waals surface area contributed by atoms with E-state index in [1.807, 2.05) is 6.92 Å². The van der Waals surface area contributed by atoms with E-state index in [0.717, 1.165) is 58.3 Å². The van der Waals surface area contributed by atoms with E-state index in [2.05, 4.69) is 39.4 Å². The summed E-state index contributed by atoms with van der Waals surface area (Å²) in [5.41, 5.74) is 0. The number of ether oxygens (including phenoxy) is 2. The minimum atomic E-state index is -3.92. The minimum absolute atomic E-state index is 0.00639. The highest BCUT2D eigenvalue weighted by molar-refractivity contribution is 14.1. The van der Waals surface area contributed by atoms with E-state index in [0.29, 0.717) is 19.0 Å². The fraction of sp³-hybridized carbons (Fsp3) is 0.850. The van der Waals surface area contributed by atoms with Gasteiger partial charge in [-0.05, 0) is 35.5 Å². The Balaban J connectivity index is 0.00000139. The molecule has 3 atom stereocenters. The SMILES string of the molecule is CCCCCCOC(=O)C(C)CCCC1C[NH+](CC#CI)CCO1.CS(=O)(=O)[O-]. The minimum Gasteiger partial charge on any atom is -0.748 e. The summed E-state index contributed by atoms with van der Waals surface area (Å²) in [4.78, 5) is 13.5. The number of hydrogen-bond acceptors (Lipinski definition) is 6. The van der Waals surface area contributed by atoms with E-state index >= 15 is 0 Å². The Morgan fingerprint density at radius 2 is 2.03 bits per heavy atom. The summed E-state index contributed by atoms with van der Waals surface area (Å²) in [5, 5.41) is 0. The molecule has 0 aliphatic carbocycles. The summed E-state index contributed by atoms with van der Waals surface area (Å²) in [6.45, 7) is 8.53. The molecule has 7 nitrogen and oxygen atoms in total. The van der Waals surface area contributed by atoms with Gasteiger partial charge in [-0.15, -0.1) is 0 Å². The van der Waals surface area contributed by atoms with Gasteiger partial charge >= 0.3 is 5.97 Å². The molecule has 1 rings (SSSR count). The molecule has 9 heteroatoms. The molecular formula is C20H36INO6S. The third kappa shape index (κ3) is 19.3. The lowest BCUT2D eigenvalue weighted by Gasteiger charge is -2.29. The van der Waals surface area contributed by atoms with Crippen LogP contribution in [0.15, 0.2) is 0 Å². The standard InChI is InChI=1S/C19H32INO3.CH4O3S/c1-3-4-5-6-14-24-19(22)17(2)9-7-10-18-16-21(12-8-11-20)13-15-23-18;1-5(2,3)4/h17-18H,3-7,9-10,12-16H2,1-2H3;1H3,(H,2,3,4). The van der Waals surface area contributed by atoms with Crippen molar-refractivity contribution in [3.8, 4) is 9.85 Å². The second-order valence-corrected chi connectivity index (χ2v) is 9.36. The van der Waals surface area contributed by atoms with E-state index in [4.69, 9.17) is 22.4 Å². The quantitative estimate of drug-likeness (QED) is 0.140. The third-order valence-corrected chi connectivity index (χ3v) is 4.92. The van der Waals surface area contributed by atoms with Crippen LogP contribution in [0.2, 0.25) is 0 Å². The summed E-state index contributed by atoms with van der Waals surface area (Å²) in [6.07, 6.45) is 8.40. The van der Waals surface area contributed by atoms with Gasteiger partial charge in [-0.2, -0.15) is 0 Å². The van der Waals surface area contributed by atoms with Crippen molar-refractivity contribution in [3.05, 3.63) is 0 Å². The first-order chi connectivity index (χ1) is 13.7. The Kier molecular flexibility index (Phi) is 17.0. The number of hydrogen-bond donors (Lipinski definition) is 1. The van der Waals surface area contributed by atoms with Gasteiger partial charge in [0.25, 0.3) is 0 Å². The Hall–Kier alpha value is -0.410. The lowest BCUT2D eigenvalue weighted by Crippen LogP contribution is -3.14. The number of morpholine rings is 1. The largest absolute Gasteiger partial charge is 0.748 e. The molecule has 1 aliphatic rings. The van der Waals surface area contributed by atoms with Gasteiger partial charge in [0.15, 0.2) is 0 Å². The van der Waals surface area contributed by atoms with Crippen molar-refractivity contribution in [3.63, 3.8) is 0 Å². The third-order valence-electron chi connectivity index (χ3n) is 4.54. The molecule has 1 saturated heterocycles. The van der Waals surface area contributed by atoms with Gasteiger partial charge in [0.05, 0.1) is 29.2 Å². The van der Waals surface area contributed by atoms with Crippen LogP contribution in [0.1, 0.15) is 58.8 Å².